The molecule has 2 N–H and O–H groups in total. The quantitative estimate of drug-likeness (QED) is 0.650. The van der Waals surface area contributed by atoms with Crippen LogP contribution in [0.3, 0.4) is 0 Å². The van der Waals surface area contributed by atoms with Gasteiger partial charge >= 0.3 is 5.97 Å². The monoisotopic (exact) mass is 349 g/mol. The largest absolute Gasteiger partial charge is 0.462 e. The van der Waals surface area contributed by atoms with E-state index >= 15 is 0 Å². The zero-order chi connectivity index (χ0) is 18.0. The molecule has 2 aromatic rings. The highest BCUT2D eigenvalue weighted by Crippen LogP contribution is 2.26. The lowest BCUT2D eigenvalue weighted by Crippen LogP contribution is -2.16. The van der Waals surface area contributed by atoms with E-state index in [-0.39, 0.29) is 17.7 Å². The number of anilines is 1. The Hall–Kier alpha value is -2.34. The smallest absolute Gasteiger partial charge is 0.340 e. The number of nitrogens with one attached hydrogen (secondary N) is 2. The molecule has 6 nitrogen and oxygen atoms in total. The van der Waals surface area contributed by atoms with Crippen LogP contribution in [0.5, 0.6) is 0 Å². The first-order valence-corrected chi connectivity index (χ1v) is 7.95. The Morgan fingerprint density at radius 2 is 1.96 bits per heavy atom. The van der Waals surface area contributed by atoms with Crippen molar-refractivity contribution in [2.24, 2.45) is 0 Å². The molecule has 1 amide bonds. The Kier molecular flexibility index (Phi) is 5.29. The number of aryl methyl sites for hydroxylation is 3. The number of amides is 1. The lowest BCUT2D eigenvalue weighted by molar-refractivity contribution is 0.0525. The van der Waals surface area contributed by atoms with Crippen molar-refractivity contribution < 1.29 is 14.3 Å². The van der Waals surface area contributed by atoms with E-state index in [1.54, 1.807) is 20.8 Å². The molecule has 7 heteroatoms. The van der Waals surface area contributed by atoms with Crippen LogP contribution in [-0.2, 0) is 4.74 Å². The highest BCUT2D eigenvalue weighted by atomic mass is 35.5. The SMILES string of the molecule is CCOC(=O)c1c(C)[nH]c(C(=O)Nc2c(C)cc(C)nc2Cl)c1C. The maximum atomic E-state index is 12.6. The van der Waals surface area contributed by atoms with Gasteiger partial charge in [-0.15, -0.1) is 0 Å². The van der Waals surface area contributed by atoms with Gasteiger partial charge < -0.3 is 15.0 Å². The number of halogens is 1. The lowest BCUT2D eigenvalue weighted by atomic mass is 10.1. The van der Waals surface area contributed by atoms with Gasteiger partial charge in [-0.05, 0) is 51.8 Å². The molecule has 0 bridgehead atoms. The van der Waals surface area contributed by atoms with Gasteiger partial charge in [-0.25, -0.2) is 9.78 Å². The van der Waals surface area contributed by atoms with Crippen LogP contribution >= 0.6 is 11.6 Å². The number of hydrogen-bond acceptors (Lipinski definition) is 4. The van der Waals surface area contributed by atoms with E-state index in [1.807, 2.05) is 19.9 Å². The predicted octanol–water partition coefficient (Wildman–Crippen LogP) is 3.73. The number of nitrogens with zero attached hydrogens (tertiary/aromatic N) is 1. The average Bonchev–Trinajstić information content (AvgIpc) is 2.78. The standard InChI is InChI=1S/C17H20ClN3O3/c1-6-24-17(23)12-10(4)14(20-11(12)5)16(22)21-13-8(2)7-9(3)19-15(13)18/h7,20H,6H2,1-5H3,(H,21,22). The molecule has 0 atom stereocenters. The van der Waals surface area contributed by atoms with Crippen LogP contribution in [0.4, 0.5) is 5.69 Å². The van der Waals surface area contributed by atoms with Gasteiger partial charge in [0.25, 0.3) is 5.91 Å². The second-order valence-corrected chi connectivity index (χ2v) is 5.90. The molecule has 2 aromatic heterocycles. The Bertz CT molecular complexity index is 789. The number of ether oxygens (including phenoxy) is 1. The molecular formula is C17H20ClN3O3. The van der Waals surface area contributed by atoms with Crippen LogP contribution in [0.15, 0.2) is 6.07 Å². The number of aromatic nitrogens is 2. The molecule has 0 fully saturated rings. The Morgan fingerprint density at radius 3 is 2.54 bits per heavy atom. The van der Waals surface area contributed by atoms with Gasteiger partial charge in [0.05, 0.1) is 17.9 Å². The van der Waals surface area contributed by atoms with Crippen LogP contribution in [0.25, 0.3) is 0 Å². The minimum Gasteiger partial charge on any atom is -0.462 e. The van der Waals surface area contributed by atoms with Gasteiger partial charge in [-0.1, -0.05) is 11.6 Å². The molecule has 0 saturated carbocycles. The van der Waals surface area contributed by atoms with Crippen molar-refractivity contribution in [3.8, 4) is 0 Å². The first kappa shape index (κ1) is 18.0. The maximum Gasteiger partial charge on any atom is 0.340 e. The zero-order valence-corrected chi connectivity index (χ0v) is 15.1. The number of esters is 1. The fraction of sp³-hybridized carbons (Fsp3) is 0.353. The summed E-state index contributed by atoms with van der Waals surface area (Å²) < 4.78 is 5.03. The first-order chi connectivity index (χ1) is 11.3. The Labute approximate surface area is 145 Å². The van der Waals surface area contributed by atoms with Crippen LogP contribution in [0, 0.1) is 27.7 Å². The van der Waals surface area contributed by atoms with Gasteiger partial charge in [0.2, 0.25) is 0 Å². The Morgan fingerprint density at radius 1 is 1.29 bits per heavy atom. The number of carbonyl (C=O) groups is 2. The molecule has 128 valence electrons. The molecular weight excluding hydrogens is 330 g/mol. The molecule has 0 aromatic carbocycles. The molecule has 0 aliphatic carbocycles. The van der Waals surface area contributed by atoms with Gasteiger partial charge in [0, 0.05) is 11.4 Å². The number of carbonyl (C=O) groups excluding carboxylic acids is 2. The van der Waals surface area contributed by atoms with Gasteiger partial charge in [0.15, 0.2) is 5.15 Å². The van der Waals surface area contributed by atoms with Gasteiger partial charge in [-0.2, -0.15) is 0 Å². The van der Waals surface area contributed by atoms with Gasteiger partial charge in [0.1, 0.15) is 5.69 Å². The lowest BCUT2D eigenvalue weighted by Gasteiger charge is -2.10. The average molecular weight is 350 g/mol. The summed E-state index contributed by atoms with van der Waals surface area (Å²) in [5, 5.41) is 2.99. The van der Waals surface area contributed by atoms with E-state index in [0.717, 1.165) is 11.3 Å². The fourth-order valence-corrected chi connectivity index (χ4v) is 2.93. The second-order valence-electron chi connectivity index (χ2n) is 5.55. The van der Waals surface area contributed by atoms with Crippen molar-refractivity contribution in [3.63, 3.8) is 0 Å². The molecule has 2 heterocycles. The molecule has 0 unspecified atom stereocenters. The third-order valence-corrected chi connectivity index (χ3v) is 3.96. The summed E-state index contributed by atoms with van der Waals surface area (Å²) in [6, 6.07) is 1.83. The number of H-pyrrole nitrogens is 1. The number of pyridine rings is 1. The maximum absolute atomic E-state index is 12.6. The normalized spacial score (nSPS) is 10.6. The van der Waals surface area contributed by atoms with Gasteiger partial charge in [-0.3, -0.25) is 4.79 Å². The molecule has 0 spiro atoms. The topological polar surface area (TPSA) is 84.1 Å². The second kappa shape index (κ2) is 7.05. The van der Waals surface area contributed by atoms with E-state index in [2.05, 4.69) is 15.3 Å². The molecule has 0 aliphatic heterocycles. The van der Waals surface area contributed by atoms with Crippen molar-refractivity contribution >= 4 is 29.2 Å². The van der Waals surface area contributed by atoms with Crippen molar-refractivity contribution in [1.82, 2.24) is 9.97 Å². The first-order valence-electron chi connectivity index (χ1n) is 7.57. The van der Waals surface area contributed by atoms with Crippen LogP contribution in [-0.4, -0.2) is 28.5 Å². The third kappa shape index (κ3) is 3.43. The highest BCUT2D eigenvalue weighted by Gasteiger charge is 2.23. The predicted molar refractivity (Wildman–Crippen MR) is 92.9 cm³/mol. The summed E-state index contributed by atoms with van der Waals surface area (Å²) >= 11 is 6.12. The summed E-state index contributed by atoms with van der Waals surface area (Å²) in [6.45, 7) is 9.10. The minimum atomic E-state index is -0.450. The number of hydrogen-bond donors (Lipinski definition) is 2. The molecule has 0 aliphatic rings. The van der Waals surface area contributed by atoms with Crippen LogP contribution in [0.2, 0.25) is 5.15 Å². The van der Waals surface area contributed by atoms with Crippen molar-refractivity contribution in [1.29, 1.82) is 0 Å². The van der Waals surface area contributed by atoms with E-state index < -0.39 is 5.97 Å². The van der Waals surface area contributed by atoms with E-state index in [0.29, 0.717) is 28.2 Å². The molecule has 2 rings (SSSR count). The van der Waals surface area contributed by atoms with Crippen molar-refractivity contribution in [2.75, 3.05) is 11.9 Å². The van der Waals surface area contributed by atoms with Crippen molar-refractivity contribution in [2.45, 2.75) is 34.6 Å². The molecule has 24 heavy (non-hydrogen) atoms. The summed E-state index contributed by atoms with van der Waals surface area (Å²) in [4.78, 5) is 31.7. The number of aromatic amines is 1. The van der Waals surface area contributed by atoms with E-state index in [1.165, 1.54) is 0 Å². The summed E-state index contributed by atoms with van der Waals surface area (Å²) in [6.07, 6.45) is 0. The highest BCUT2D eigenvalue weighted by molar-refractivity contribution is 6.33. The Balaban J connectivity index is 2.35. The minimum absolute atomic E-state index is 0.229. The van der Waals surface area contributed by atoms with Crippen LogP contribution < -0.4 is 5.32 Å². The van der Waals surface area contributed by atoms with Crippen LogP contribution in [0.1, 0.15) is 50.3 Å². The third-order valence-electron chi connectivity index (χ3n) is 3.68. The summed E-state index contributed by atoms with van der Waals surface area (Å²) in [7, 11) is 0. The zero-order valence-electron chi connectivity index (χ0n) is 14.3. The molecule has 0 saturated heterocycles. The fourth-order valence-electron chi connectivity index (χ4n) is 2.60. The van der Waals surface area contributed by atoms with Crippen molar-refractivity contribution in [3.05, 3.63) is 45.0 Å². The summed E-state index contributed by atoms with van der Waals surface area (Å²) in [5.74, 6) is -0.837. The summed E-state index contributed by atoms with van der Waals surface area (Å²) in [5.41, 5.74) is 3.84. The number of rotatable bonds is 4. The van der Waals surface area contributed by atoms with E-state index in [4.69, 9.17) is 16.3 Å². The van der Waals surface area contributed by atoms with E-state index in [9.17, 15) is 9.59 Å². The molecule has 0 radical (unpaired) electrons.